The Morgan fingerprint density at radius 1 is 0.514 bits per heavy atom. The van der Waals surface area contributed by atoms with Gasteiger partial charge in [-0.25, -0.2) is 0 Å². The van der Waals surface area contributed by atoms with Gasteiger partial charge in [-0.2, -0.15) is 5.26 Å². The van der Waals surface area contributed by atoms with Crippen molar-refractivity contribution in [1.29, 1.82) is 5.26 Å². The van der Waals surface area contributed by atoms with Gasteiger partial charge in [0.05, 0.1) is 11.6 Å². The second kappa shape index (κ2) is 7.92. The van der Waals surface area contributed by atoms with E-state index in [1.54, 1.807) is 0 Å². The number of nitriles is 1. The van der Waals surface area contributed by atoms with Crippen molar-refractivity contribution < 1.29 is 0 Å². The second-order valence-electron chi connectivity index (χ2n) is 10.5. The summed E-state index contributed by atoms with van der Waals surface area (Å²) in [5, 5.41) is 14.6. The third-order valence-corrected chi connectivity index (χ3v) is 8.09. The van der Waals surface area contributed by atoms with Crippen molar-refractivity contribution in [3.63, 3.8) is 0 Å². The van der Waals surface area contributed by atoms with Crippen LogP contribution >= 0.6 is 0 Å². The molecule has 37 heavy (non-hydrogen) atoms. The van der Waals surface area contributed by atoms with Crippen molar-refractivity contribution in [3.8, 4) is 39.4 Å². The number of benzene rings is 6. The minimum Gasteiger partial charge on any atom is -0.192 e. The van der Waals surface area contributed by atoms with Gasteiger partial charge in [0.1, 0.15) is 0 Å². The first-order chi connectivity index (χ1) is 18.1. The van der Waals surface area contributed by atoms with Gasteiger partial charge < -0.3 is 0 Å². The van der Waals surface area contributed by atoms with Gasteiger partial charge in [-0.05, 0) is 84.3 Å². The Bertz CT molecular complexity index is 1850. The fourth-order valence-electron chi connectivity index (χ4n) is 6.33. The lowest BCUT2D eigenvalue weighted by Crippen LogP contribution is -2.15. The summed E-state index contributed by atoms with van der Waals surface area (Å²) in [7, 11) is 0. The molecule has 1 aliphatic rings. The molecule has 0 unspecified atom stereocenters. The lowest BCUT2D eigenvalue weighted by Gasteiger charge is -2.23. The monoisotopic (exact) mass is 471 g/mol. The highest BCUT2D eigenvalue weighted by Crippen LogP contribution is 2.51. The maximum Gasteiger partial charge on any atom is 0.0991 e. The molecule has 0 atom stereocenters. The van der Waals surface area contributed by atoms with Gasteiger partial charge in [-0.1, -0.05) is 111 Å². The topological polar surface area (TPSA) is 23.8 Å². The molecule has 174 valence electrons. The van der Waals surface area contributed by atoms with Crippen molar-refractivity contribution in [2.45, 2.75) is 19.3 Å². The molecule has 0 N–H and O–H groups in total. The maximum absolute atomic E-state index is 9.50. The Labute approximate surface area is 217 Å². The van der Waals surface area contributed by atoms with Crippen molar-refractivity contribution in [3.05, 3.63) is 132 Å². The first kappa shape index (κ1) is 21.6. The minimum absolute atomic E-state index is 0.135. The molecule has 0 saturated carbocycles. The van der Waals surface area contributed by atoms with Gasteiger partial charge in [0, 0.05) is 5.41 Å². The van der Waals surface area contributed by atoms with Gasteiger partial charge in [0.15, 0.2) is 0 Å². The molecular formula is C36H25N. The number of nitrogens with zero attached hydrogens (tertiary/aromatic N) is 1. The van der Waals surface area contributed by atoms with Crippen LogP contribution in [0.4, 0.5) is 0 Å². The van der Waals surface area contributed by atoms with Crippen LogP contribution in [0.25, 0.3) is 54.9 Å². The molecule has 0 amide bonds. The lowest BCUT2D eigenvalue weighted by molar-refractivity contribution is 0.660. The van der Waals surface area contributed by atoms with E-state index in [0.29, 0.717) is 5.56 Å². The summed E-state index contributed by atoms with van der Waals surface area (Å²) in [5.74, 6) is 0. The first-order valence-electron chi connectivity index (χ1n) is 12.8. The summed E-state index contributed by atoms with van der Waals surface area (Å²) in [6.07, 6.45) is 0. The van der Waals surface area contributed by atoms with Gasteiger partial charge in [-0.3, -0.25) is 0 Å². The smallest absolute Gasteiger partial charge is 0.0991 e. The van der Waals surface area contributed by atoms with Crippen LogP contribution in [0.15, 0.2) is 115 Å². The SMILES string of the molecule is CC1(C)c2ccc(C#N)cc2-c2ccc(-c3c4ccccc4c(-c4ccccc4)c4ccccc34)cc21. The van der Waals surface area contributed by atoms with E-state index in [-0.39, 0.29) is 5.41 Å². The highest BCUT2D eigenvalue weighted by molar-refractivity contribution is 6.21. The zero-order chi connectivity index (χ0) is 25.1. The van der Waals surface area contributed by atoms with Crippen LogP contribution in [-0.4, -0.2) is 0 Å². The molecule has 7 rings (SSSR count). The van der Waals surface area contributed by atoms with Crippen molar-refractivity contribution in [2.75, 3.05) is 0 Å². The Morgan fingerprint density at radius 3 is 1.68 bits per heavy atom. The summed E-state index contributed by atoms with van der Waals surface area (Å²) < 4.78 is 0. The first-order valence-corrected chi connectivity index (χ1v) is 12.8. The Hall–Kier alpha value is -4.67. The molecule has 0 aliphatic heterocycles. The van der Waals surface area contributed by atoms with Crippen LogP contribution < -0.4 is 0 Å². The molecule has 0 bridgehead atoms. The van der Waals surface area contributed by atoms with Crippen LogP contribution in [-0.2, 0) is 5.41 Å². The molecule has 6 aromatic carbocycles. The lowest BCUT2D eigenvalue weighted by atomic mass is 9.80. The maximum atomic E-state index is 9.50. The van der Waals surface area contributed by atoms with E-state index < -0.39 is 0 Å². The average molecular weight is 472 g/mol. The molecule has 0 saturated heterocycles. The van der Waals surface area contributed by atoms with Gasteiger partial charge in [0.25, 0.3) is 0 Å². The Kier molecular flexibility index (Phi) is 4.62. The summed E-state index contributed by atoms with van der Waals surface area (Å²) >= 11 is 0. The third kappa shape index (κ3) is 3.09. The van der Waals surface area contributed by atoms with E-state index in [4.69, 9.17) is 0 Å². The van der Waals surface area contributed by atoms with Gasteiger partial charge in [0.2, 0.25) is 0 Å². The molecule has 0 aromatic heterocycles. The molecule has 1 heteroatoms. The molecule has 0 radical (unpaired) electrons. The van der Waals surface area contributed by atoms with Crippen LogP contribution in [0.5, 0.6) is 0 Å². The van der Waals surface area contributed by atoms with Crippen LogP contribution in [0.2, 0.25) is 0 Å². The molecule has 0 spiro atoms. The fourth-order valence-corrected chi connectivity index (χ4v) is 6.33. The normalized spacial score (nSPS) is 13.3. The molecule has 0 heterocycles. The zero-order valence-electron chi connectivity index (χ0n) is 20.9. The van der Waals surface area contributed by atoms with Crippen molar-refractivity contribution in [2.24, 2.45) is 0 Å². The second-order valence-corrected chi connectivity index (χ2v) is 10.5. The number of hydrogen-bond acceptors (Lipinski definition) is 1. The third-order valence-electron chi connectivity index (χ3n) is 8.09. The largest absolute Gasteiger partial charge is 0.192 e. The summed E-state index contributed by atoms with van der Waals surface area (Å²) in [6.45, 7) is 4.59. The summed E-state index contributed by atoms with van der Waals surface area (Å²) in [6, 6.07) is 43.7. The highest BCUT2D eigenvalue weighted by atomic mass is 14.4. The van der Waals surface area contributed by atoms with E-state index in [9.17, 15) is 5.26 Å². The quantitative estimate of drug-likeness (QED) is 0.231. The Morgan fingerprint density at radius 2 is 1.08 bits per heavy atom. The van der Waals surface area contributed by atoms with E-state index in [2.05, 4.69) is 123 Å². The van der Waals surface area contributed by atoms with Crippen LogP contribution in [0.1, 0.15) is 30.5 Å². The molecule has 6 aromatic rings. The van der Waals surface area contributed by atoms with E-state index in [1.165, 1.54) is 66.1 Å². The highest BCUT2D eigenvalue weighted by Gasteiger charge is 2.36. The molecule has 1 nitrogen and oxygen atoms in total. The standard InChI is InChI=1S/C36H25N/c1-36(2)32-19-16-23(22-37)20-31(32)26-18-17-25(21-33(26)36)35-29-14-8-6-12-27(29)34(24-10-4-3-5-11-24)28-13-7-9-15-30(28)35/h3-21H,1-2H3. The number of fused-ring (bicyclic) bond motifs is 5. The van der Waals surface area contributed by atoms with Crippen molar-refractivity contribution in [1.82, 2.24) is 0 Å². The average Bonchev–Trinajstić information content (AvgIpc) is 3.17. The summed E-state index contributed by atoms with van der Waals surface area (Å²) in [5.41, 5.74) is 10.6. The number of hydrogen-bond donors (Lipinski definition) is 0. The predicted octanol–water partition coefficient (Wildman–Crippen LogP) is 9.50. The zero-order valence-corrected chi connectivity index (χ0v) is 20.9. The Balaban J connectivity index is 1.55. The van der Waals surface area contributed by atoms with E-state index in [0.717, 1.165) is 0 Å². The van der Waals surface area contributed by atoms with Crippen molar-refractivity contribution >= 4 is 21.5 Å². The van der Waals surface area contributed by atoms with E-state index >= 15 is 0 Å². The summed E-state index contributed by atoms with van der Waals surface area (Å²) in [4.78, 5) is 0. The fraction of sp³-hybridized carbons (Fsp3) is 0.0833. The predicted molar refractivity (Wildman–Crippen MR) is 155 cm³/mol. The molecule has 1 aliphatic carbocycles. The molecular weight excluding hydrogens is 446 g/mol. The van der Waals surface area contributed by atoms with Crippen LogP contribution in [0.3, 0.4) is 0 Å². The van der Waals surface area contributed by atoms with Gasteiger partial charge >= 0.3 is 0 Å². The molecule has 0 fully saturated rings. The minimum atomic E-state index is -0.135. The number of rotatable bonds is 2. The van der Waals surface area contributed by atoms with Gasteiger partial charge in [-0.15, -0.1) is 0 Å². The van der Waals surface area contributed by atoms with E-state index in [1.807, 2.05) is 12.1 Å². The van der Waals surface area contributed by atoms with Crippen LogP contribution in [0, 0.1) is 11.3 Å².